The van der Waals surface area contributed by atoms with Crippen LogP contribution in [0.1, 0.15) is 25.1 Å². The Morgan fingerprint density at radius 2 is 2.00 bits per heavy atom. The lowest BCUT2D eigenvalue weighted by Gasteiger charge is -2.25. The van der Waals surface area contributed by atoms with Crippen molar-refractivity contribution in [3.8, 4) is 5.75 Å². The Balaban J connectivity index is 1.75. The van der Waals surface area contributed by atoms with Crippen LogP contribution in [-0.4, -0.2) is 47.9 Å². The Labute approximate surface area is 178 Å². The summed E-state index contributed by atoms with van der Waals surface area (Å²) in [6.07, 6.45) is -3.36. The number of pyridine rings is 1. The Bertz CT molecular complexity index is 945. The van der Waals surface area contributed by atoms with Gasteiger partial charge in [-0.05, 0) is 35.7 Å². The molecule has 0 aliphatic carbocycles. The fourth-order valence-electron chi connectivity index (χ4n) is 3.60. The average Bonchev–Trinajstić information content (AvgIpc) is 3.04. The number of halogens is 3. The SMILES string of the molecule is COc1cccc(CC(=O)CN2C(=O)N(c3ccc(C(F)(F)F)nc3)C[C@@H]2C(C)C)c1. The fourth-order valence-corrected chi connectivity index (χ4v) is 3.60. The summed E-state index contributed by atoms with van der Waals surface area (Å²) in [5.41, 5.74) is 0.0286. The van der Waals surface area contributed by atoms with Gasteiger partial charge in [-0.3, -0.25) is 9.69 Å². The zero-order chi connectivity index (χ0) is 22.8. The molecule has 2 heterocycles. The number of methoxy groups -OCH3 is 1. The molecular weight excluding hydrogens is 411 g/mol. The van der Waals surface area contributed by atoms with Gasteiger partial charge in [-0.25, -0.2) is 9.78 Å². The van der Waals surface area contributed by atoms with Crippen LogP contribution < -0.4 is 9.64 Å². The van der Waals surface area contributed by atoms with Crippen molar-refractivity contribution in [1.29, 1.82) is 0 Å². The highest BCUT2D eigenvalue weighted by Crippen LogP contribution is 2.31. The average molecular weight is 435 g/mol. The summed E-state index contributed by atoms with van der Waals surface area (Å²) in [4.78, 5) is 32.0. The number of anilines is 1. The van der Waals surface area contributed by atoms with E-state index < -0.39 is 17.9 Å². The molecular formula is C22H24F3N3O3. The van der Waals surface area contributed by atoms with Gasteiger partial charge in [0.25, 0.3) is 0 Å². The van der Waals surface area contributed by atoms with Crippen molar-refractivity contribution in [3.05, 3.63) is 53.9 Å². The molecule has 1 aliphatic heterocycles. The van der Waals surface area contributed by atoms with E-state index in [1.165, 1.54) is 15.9 Å². The summed E-state index contributed by atoms with van der Waals surface area (Å²) in [5.74, 6) is 0.559. The Morgan fingerprint density at radius 1 is 1.26 bits per heavy atom. The number of hydrogen-bond donors (Lipinski definition) is 0. The van der Waals surface area contributed by atoms with Crippen molar-refractivity contribution < 1.29 is 27.5 Å². The first-order valence-corrected chi connectivity index (χ1v) is 9.86. The second-order valence-corrected chi connectivity index (χ2v) is 7.80. The number of ether oxygens (including phenoxy) is 1. The van der Waals surface area contributed by atoms with Crippen molar-refractivity contribution in [1.82, 2.24) is 9.88 Å². The summed E-state index contributed by atoms with van der Waals surface area (Å²) < 4.78 is 43.5. The number of nitrogens with zero attached hydrogens (tertiary/aromatic N) is 3. The quantitative estimate of drug-likeness (QED) is 0.654. The second-order valence-electron chi connectivity index (χ2n) is 7.80. The maximum Gasteiger partial charge on any atom is 0.433 e. The first kappa shape index (κ1) is 22.6. The van der Waals surface area contributed by atoms with Gasteiger partial charge in [-0.15, -0.1) is 0 Å². The Hall–Kier alpha value is -3.10. The van der Waals surface area contributed by atoms with Crippen molar-refractivity contribution in [3.63, 3.8) is 0 Å². The van der Waals surface area contributed by atoms with E-state index in [1.54, 1.807) is 25.3 Å². The molecule has 31 heavy (non-hydrogen) atoms. The molecule has 1 atom stereocenters. The number of urea groups is 1. The lowest BCUT2D eigenvalue weighted by atomic mass is 10.0. The topological polar surface area (TPSA) is 62.7 Å². The van der Waals surface area contributed by atoms with Gasteiger partial charge in [0.2, 0.25) is 0 Å². The van der Waals surface area contributed by atoms with Crippen molar-refractivity contribution >= 4 is 17.5 Å². The molecule has 0 saturated carbocycles. The molecule has 1 saturated heterocycles. The second kappa shape index (κ2) is 8.95. The van der Waals surface area contributed by atoms with Crippen LogP contribution in [0.25, 0.3) is 0 Å². The maximum atomic E-state index is 13.0. The van der Waals surface area contributed by atoms with Gasteiger partial charge in [0, 0.05) is 13.0 Å². The van der Waals surface area contributed by atoms with Gasteiger partial charge >= 0.3 is 12.2 Å². The van der Waals surface area contributed by atoms with Crippen LogP contribution in [0.5, 0.6) is 5.75 Å². The van der Waals surface area contributed by atoms with Crippen LogP contribution in [-0.2, 0) is 17.4 Å². The molecule has 1 aliphatic rings. The number of hydrogen-bond acceptors (Lipinski definition) is 4. The number of Topliss-reactive ketones (excluding diaryl/α,β-unsaturated/α-hetero) is 1. The van der Waals surface area contributed by atoms with Gasteiger partial charge < -0.3 is 9.64 Å². The minimum absolute atomic E-state index is 0.0565. The van der Waals surface area contributed by atoms with Crippen LogP contribution in [0.3, 0.4) is 0 Å². The predicted molar refractivity (Wildman–Crippen MR) is 109 cm³/mol. The first-order chi connectivity index (χ1) is 14.6. The van der Waals surface area contributed by atoms with Crippen LogP contribution in [0, 0.1) is 5.92 Å². The number of amides is 2. The van der Waals surface area contributed by atoms with E-state index >= 15 is 0 Å². The fraction of sp³-hybridized carbons (Fsp3) is 0.409. The minimum atomic E-state index is -4.55. The highest BCUT2D eigenvalue weighted by molar-refractivity contribution is 5.97. The molecule has 2 aromatic rings. The van der Waals surface area contributed by atoms with Crippen molar-refractivity contribution in [2.45, 2.75) is 32.5 Å². The number of benzene rings is 1. The predicted octanol–water partition coefficient (Wildman–Crippen LogP) is 4.19. The van der Waals surface area contributed by atoms with Crippen LogP contribution in [0.4, 0.5) is 23.7 Å². The molecule has 0 bridgehead atoms. The highest BCUT2D eigenvalue weighted by Gasteiger charge is 2.41. The van der Waals surface area contributed by atoms with E-state index in [4.69, 9.17) is 4.74 Å². The summed E-state index contributed by atoms with van der Waals surface area (Å²) in [6.45, 7) is 4.07. The van der Waals surface area contributed by atoms with E-state index in [9.17, 15) is 22.8 Å². The monoisotopic (exact) mass is 435 g/mol. The summed E-state index contributed by atoms with van der Waals surface area (Å²) in [5, 5.41) is 0. The lowest BCUT2D eigenvalue weighted by Crippen LogP contribution is -2.41. The molecule has 1 fully saturated rings. The Morgan fingerprint density at radius 3 is 2.58 bits per heavy atom. The van der Waals surface area contributed by atoms with Crippen LogP contribution in [0.2, 0.25) is 0 Å². The van der Waals surface area contributed by atoms with Gasteiger partial charge in [-0.1, -0.05) is 26.0 Å². The first-order valence-electron chi connectivity index (χ1n) is 9.86. The third-order valence-corrected chi connectivity index (χ3v) is 5.25. The maximum absolute atomic E-state index is 13.0. The molecule has 0 unspecified atom stereocenters. The molecule has 1 aromatic heterocycles. The minimum Gasteiger partial charge on any atom is -0.497 e. The van der Waals surface area contributed by atoms with Crippen LogP contribution >= 0.6 is 0 Å². The molecule has 9 heteroatoms. The third-order valence-electron chi connectivity index (χ3n) is 5.25. The number of ketones is 1. The number of aromatic nitrogens is 1. The summed E-state index contributed by atoms with van der Waals surface area (Å²) in [6, 6.07) is 8.57. The van der Waals surface area contributed by atoms with Crippen LogP contribution in [0.15, 0.2) is 42.6 Å². The highest BCUT2D eigenvalue weighted by atomic mass is 19.4. The normalized spacial score (nSPS) is 16.9. The summed E-state index contributed by atoms with van der Waals surface area (Å²) >= 11 is 0. The molecule has 166 valence electrons. The van der Waals surface area contributed by atoms with Crippen molar-refractivity contribution in [2.24, 2.45) is 5.92 Å². The van der Waals surface area contributed by atoms with Gasteiger partial charge in [-0.2, -0.15) is 13.2 Å². The van der Waals surface area contributed by atoms with E-state index in [-0.39, 0.29) is 42.9 Å². The number of alkyl halides is 3. The standard InChI is InChI=1S/C22H24F3N3O3/c1-14(2)19-13-27(16-7-8-20(26-11-16)22(23,24)25)21(30)28(19)12-17(29)9-15-5-4-6-18(10-15)31-3/h4-8,10-11,14,19H,9,12-13H2,1-3H3/t19-/m1/s1. The van der Waals surface area contributed by atoms with Crippen molar-refractivity contribution in [2.75, 3.05) is 25.1 Å². The van der Waals surface area contributed by atoms with E-state index in [0.717, 1.165) is 17.8 Å². The van der Waals surface area contributed by atoms with E-state index in [2.05, 4.69) is 4.98 Å². The molecule has 2 amide bonds. The molecule has 6 nitrogen and oxygen atoms in total. The van der Waals surface area contributed by atoms with Gasteiger partial charge in [0.1, 0.15) is 11.4 Å². The molecule has 0 N–H and O–H groups in total. The number of carbonyl (C=O) groups excluding carboxylic acids is 2. The van der Waals surface area contributed by atoms with E-state index in [1.807, 2.05) is 19.9 Å². The molecule has 3 rings (SSSR count). The number of carbonyl (C=O) groups is 2. The smallest absolute Gasteiger partial charge is 0.433 e. The van der Waals surface area contributed by atoms with Gasteiger partial charge in [0.15, 0.2) is 5.78 Å². The van der Waals surface area contributed by atoms with E-state index in [0.29, 0.717) is 5.75 Å². The Kier molecular flexibility index (Phi) is 6.52. The molecule has 0 radical (unpaired) electrons. The molecule has 1 aromatic carbocycles. The largest absolute Gasteiger partial charge is 0.497 e. The zero-order valence-corrected chi connectivity index (χ0v) is 17.5. The van der Waals surface area contributed by atoms with Gasteiger partial charge in [0.05, 0.1) is 31.6 Å². The zero-order valence-electron chi connectivity index (χ0n) is 17.5. The summed E-state index contributed by atoms with van der Waals surface area (Å²) in [7, 11) is 1.54. The third kappa shape index (κ3) is 5.15. The number of rotatable bonds is 7. The lowest BCUT2D eigenvalue weighted by molar-refractivity contribution is -0.141. The molecule has 0 spiro atoms.